The summed E-state index contributed by atoms with van der Waals surface area (Å²) < 4.78 is 13.7. The summed E-state index contributed by atoms with van der Waals surface area (Å²) in [5, 5.41) is 9.41. The Kier molecular flexibility index (Phi) is 4.82. The van der Waals surface area contributed by atoms with Crippen LogP contribution in [-0.2, 0) is 16.1 Å². The van der Waals surface area contributed by atoms with Crippen molar-refractivity contribution in [3.63, 3.8) is 0 Å². The Morgan fingerprint density at radius 3 is 2.56 bits per heavy atom. The summed E-state index contributed by atoms with van der Waals surface area (Å²) in [7, 11) is 0. The van der Waals surface area contributed by atoms with Crippen molar-refractivity contribution in [3.8, 4) is 0 Å². The maximum Gasteiger partial charge on any atom is 0.326 e. The van der Waals surface area contributed by atoms with Crippen molar-refractivity contribution >= 4 is 11.9 Å². The number of nitrogens with zero attached hydrogens (tertiary/aromatic N) is 2. The highest BCUT2D eigenvalue weighted by Crippen LogP contribution is 2.43. The van der Waals surface area contributed by atoms with Gasteiger partial charge in [0.15, 0.2) is 0 Å². The van der Waals surface area contributed by atoms with Gasteiger partial charge in [0.2, 0.25) is 5.91 Å². The number of hydrogen-bond acceptors (Lipinski definition) is 3. The van der Waals surface area contributed by atoms with Gasteiger partial charge in [0.05, 0.1) is 0 Å². The average Bonchev–Trinajstić information content (AvgIpc) is 2.94. The number of rotatable bonds is 3. The molecule has 1 aromatic rings. The van der Waals surface area contributed by atoms with E-state index in [9.17, 15) is 19.1 Å². The molecule has 2 heterocycles. The highest BCUT2D eigenvalue weighted by Gasteiger charge is 2.49. The maximum atomic E-state index is 13.7. The molecule has 2 aliphatic heterocycles. The second-order valence-electron chi connectivity index (χ2n) is 7.51. The predicted octanol–water partition coefficient (Wildman–Crippen LogP) is 2.42. The van der Waals surface area contributed by atoms with E-state index < -0.39 is 12.0 Å². The quantitative estimate of drug-likeness (QED) is 0.911. The fourth-order valence-electron chi connectivity index (χ4n) is 4.22. The zero-order valence-corrected chi connectivity index (χ0v) is 14.8. The lowest BCUT2D eigenvalue weighted by molar-refractivity contribution is -0.147. The Morgan fingerprint density at radius 1 is 1.32 bits per heavy atom. The summed E-state index contributed by atoms with van der Waals surface area (Å²) in [6.07, 6.45) is 2.28. The lowest BCUT2D eigenvalue weighted by Crippen LogP contribution is -2.42. The third kappa shape index (κ3) is 3.54. The normalized spacial score (nSPS) is 23.2. The van der Waals surface area contributed by atoms with E-state index in [0.717, 1.165) is 31.5 Å². The van der Waals surface area contributed by atoms with Gasteiger partial charge < -0.3 is 10.0 Å². The summed E-state index contributed by atoms with van der Waals surface area (Å²) in [6, 6.07) is 4.47. The third-order valence-corrected chi connectivity index (χ3v) is 5.89. The SMILES string of the molecule is CC(=O)N1CC2(CCN(Cc3cccc(F)c3C)CC2)C[C@H]1C(=O)O. The summed E-state index contributed by atoms with van der Waals surface area (Å²) >= 11 is 0. The summed E-state index contributed by atoms with van der Waals surface area (Å²) in [6.45, 7) is 6.17. The van der Waals surface area contributed by atoms with E-state index in [1.807, 2.05) is 6.07 Å². The fourth-order valence-corrected chi connectivity index (χ4v) is 4.22. The first-order chi connectivity index (χ1) is 11.8. The number of carboxylic acid groups (broad SMARTS) is 1. The topological polar surface area (TPSA) is 60.9 Å². The second kappa shape index (κ2) is 6.75. The molecule has 2 saturated heterocycles. The molecule has 2 aliphatic rings. The molecule has 136 valence electrons. The van der Waals surface area contributed by atoms with Gasteiger partial charge >= 0.3 is 5.97 Å². The van der Waals surface area contributed by atoms with Crippen LogP contribution in [0.25, 0.3) is 0 Å². The van der Waals surface area contributed by atoms with Crippen LogP contribution in [0.5, 0.6) is 0 Å². The van der Waals surface area contributed by atoms with Gasteiger partial charge in [0.1, 0.15) is 11.9 Å². The molecule has 0 unspecified atom stereocenters. The molecule has 1 spiro atoms. The molecule has 2 fully saturated rings. The van der Waals surface area contributed by atoms with Gasteiger partial charge in [-0.15, -0.1) is 0 Å². The van der Waals surface area contributed by atoms with Crippen LogP contribution in [0.4, 0.5) is 4.39 Å². The molecule has 3 rings (SSSR count). The number of carbonyl (C=O) groups is 2. The first-order valence-corrected chi connectivity index (χ1v) is 8.78. The van der Waals surface area contributed by atoms with Crippen LogP contribution >= 0.6 is 0 Å². The number of aliphatic carboxylic acids is 1. The number of amides is 1. The largest absolute Gasteiger partial charge is 0.480 e. The molecule has 0 aliphatic carbocycles. The molecule has 1 atom stereocenters. The number of carbonyl (C=O) groups excluding carboxylic acids is 1. The van der Waals surface area contributed by atoms with Gasteiger partial charge in [0, 0.05) is 20.0 Å². The van der Waals surface area contributed by atoms with E-state index in [1.54, 1.807) is 13.0 Å². The molecule has 1 aromatic carbocycles. The number of likely N-dealkylation sites (tertiary alicyclic amines) is 2. The fraction of sp³-hybridized carbons (Fsp3) is 0.579. The number of hydrogen-bond donors (Lipinski definition) is 1. The minimum Gasteiger partial charge on any atom is -0.480 e. The third-order valence-electron chi connectivity index (χ3n) is 5.89. The van der Waals surface area contributed by atoms with Crippen molar-refractivity contribution in [1.82, 2.24) is 9.80 Å². The molecule has 1 amide bonds. The van der Waals surface area contributed by atoms with Crippen molar-refractivity contribution in [3.05, 3.63) is 35.1 Å². The number of halogens is 1. The highest BCUT2D eigenvalue weighted by molar-refractivity contribution is 5.83. The maximum absolute atomic E-state index is 13.7. The second-order valence-corrected chi connectivity index (χ2v) is 7.51. The monoisotopic (exact) mass is 348 g/mol. The molecule has 0 saturated carbocycles. The predicted molar refractivity (Wildman–Crippen MR) is 91.5 cm³/mol. The molecule has 25 heavy (non-hydrogen) atoms. The number of carboxylic acids is 1. The van der Waals surface area contributed by atoms with Gasteiger partial charge in [-0.3, -0.25) is 9.69 Å². The van der Waals surface area contributed by atoms with E-state index in [0.29, 0.717) is 25.1 Å². The van der Waals surface area contributed by atoms with E-state index in [-0.39, 0.29) is 17.1 Å². The van der Waals surface area contributed by atoms with Crippen molar-refractivity contribution in [1.29, 1.82) is 0 Å². The molecule has 0 aromatic heterocycles. The summed E-state index contributed by atoms with van der Waals surface area (Å²) in [4.78, 5) is 27.1. The van der Waals surface area contributed by atoms with Crippen LogP contribution in [-0.4, -0.2) is 52.5 Å². The van der Waals surface area contributed by atoms with Gasteiger partial charge in [-0.2, -0.15) is 0 Å². The Labute approximate surface area is 147 Å². The van der Waals surface area contributed by atoms with E-state index >= 15 is 0 Å². The van der Waals surface area contributed by atoms with Gasteiger partial charge in [-0.1, -0.05) is 12.1 Å². The van der Waals surface area contributed by atoms with Gasteiger partial charge in [-0.25, -0.2) is 9.18 Å². The lowest BCUT2D eigenvalue weighted by Gasteiger charge is -2.39. The van der Waals surface area contributed by atoms with E-state index in [2.05, 4.69) is 4.90 Å². The molecule has 5 nitrogen and oxygen atoms in total. The molecular weight excluding hydrogens is 323 g/mol. The van der Waals surface area contributed by atoms with Crippen molar-refractivity contribution < 1.29 is 19.1 Å². The van der Waals surface area contributed by atoms with Crippen LogP contribution in [0.15, 0.2) is 18.2 Å². The molecule has 6 heteroatoms. The van der Waals surface area contributed by atoms with E-state index in [4.69, 9.17) is 0 Å². The molecule has 1 N–H and O–H groups in total. The van der Waals surface area contributed by atoms with Crippen LogP contribution in [0.3, 0.4) is 0 Å². The van der Waals surface area contributed by atoms with Crippen LogP contribution in [0.1, 0.15) is 37.3 Å². The Morgan fingerprint density at radius 2 is 2.00 bits per heavy atom. The van der Waals surface area contributed by atoms with Crippen LogP contribution in [0, 0.1) is 18.2 Å². The van der Waals surface area contributed by atoms with E-state index in [1.165, 1.54) is 17.9 Å². The summed E-state index contributed by atoms with van der Waals surface area (Å²) in [5.41, 5.74) is 1.59. The highest BCUT2D eigenvalue weighted by atomic mass is 19.1. The van der Waals surface area contributed by atoms with Crippen molar-refractivity contribution in [2.75, 3.05) is 19.6 Å². The lowest BCUT2D eigenvalue weighted by atomic mass is 9.76. The standard InChI is InChI=1S/C19H25FN2O3/c1-13-15(4-3-5-16(13)20)11-21-8-6-19(7-9-21)10-17(18(24)25)22(12-19)14(2)23/h3-5,17H,6-12H2,1-2H3,(H,24,25)/t17-/m0/s1. The van der Waals surface area contributed by atoms with Crippen molar-refractivity contribution in [2.24, 2.45) is 5.41 Å². The van der Waals surface area contributed by atoms with Crippen LogP contribution in [0.2, 0.25) is 0 Å². The molecule has 0 radical (unpaired) electrons. The molecule has 0 bridgehead atoms. The van der Waals surface area contributed by atoms with Crippen molar-refractivity contribution in [2.45, 2.75) is 45.7 Å². The average molecular weight is 348 g/mol. The Hall–Kier alpha value is -1.95. The Balaban J connectivity index is 1.65. The zero-order valence-electron chi connectivity index (χ0n) is 14.8. The zero-order chi connectivity index (χ0) is 18.2. The minimum absolute atomic E-state index is 0.0950. The number of piperidine rings is 1. The smallest absolute Gasteiger partial charge is 0.326 e. The molecular formula is C19H25FN2O3. The minimum atomic E-state index is -0.912. The number of benzene rings is 1. The van der Waals surface area contributed by atoms with Gasteiger partial charge in [0.25, 0.3) is 0 Å². The van der Waals surface area contributed by atoms with Gasteiger partial charge in [-0.05, 0) is 61.9 Å². The summed E-state index contributed by atoms with van der Waals surface area (Å²) in [5.74, 6) is -1.25. The first kappa shape index (κ1) is 17.9. The Bertz CT molecular complexity index is 659. The van der Waals surface area contributed by atoms with Crippen LogP contribution < -0.4 is 0 Å². The first-order valence-electron chi connectivity index (χ1n) is 8.78.